The van der Waals surface area contributed by atoms with E-state index in [4.69, 9.17) is 10.1 Å². The molecule has 3 rings (SSSR count). The van der Waals surface area contributed by atoms with Gasteiger partial charge in [-0.3, -0.25) is 4.79 Å². The fraction of sp³-hybridized carbons (Fsp3) is 0.682. The van der Waals surface area contributed by atoms with Crippen molar-refractivity contribution >= 4 is 16.9 Å². The van der Waals surface area contributed by atoms with Gasteiger partial charge < -0.3 is 5.32 Å². The molecular weight excluding hydrogens is 336 g/mol. The van der Waals surface area contributed by atoms with Gasteiger partial charge in [-0.15, -0.1) is 0 Å². The van der Waals surface area contributed by atoms with Crippen LogP contribution < -0.4 is 5.32 Å². The first-order chi connectivity index (χ1) is 12.7. The molecule has 0 radical (unpaired) electrons. The quantitative estimate of drug-likeness (QED) is 0.862. The summed E-state index contributed by atoms with van der Waals surface area (Å²) in [7, 11) is 0. The van der Waals surface area contributed by atoms with Crippen LogP contribution in [0.5, 0.6) is 0 Å². The molecule has 2 aromatic rings. The summed E-state index contributed by atoms with van der Waals surface area (Å²) >= 11 is 0. The van der Waals surface area contributed by atoms with Crippen molar-refractivity contribution in [1.29, 1.82) is 0 Å². The second-order valence-electron chi connectivity index (χ2n) is 9.07. The predicted octanol–water partition coefficient (Wildman–Crippen LogP) is 4.49. The highest BCUT2D eigenvalue weighted by Gasteiger charge is 2.23. The molecule has 148 valence electrons. The summed E-state index contributed by atoms with van der Waals surface area (Å²) in [6.07, 6.45) is 7.29. The number of pyridine rings is 1. The standard InChI is InChI=1S/C22H34N4O/c1-14-18(12-13-19(27)24-17-10-8-7-9-11-17)15(2)23-21-20(14)16(3)25-26(21)22(4,5)6/h17H,7-13H2,1-6H3,(H,24,27). The highest BCUT2D eigenvalue weighted by Crippen LogP contribution is 2.29. The van der Waals surface area contributed by atoms with E-state index < -0.39 is 0 Å². The first-order valence-corrected chi connectivity index (χ1v) is 10.3. The Kier molecular flexibility index (Phi) is 5.59. The fourth-order valence-corrected chi connectivity index (χ4v) is 4.33. The summed E-state index contributed by atoms with van der Waals surface area (Å²) in [6.45, 7) is 12.7. The molecule has 1 aliphatic carbocycles. The zero-order valence-corrected chi connectivity index (χ0v) is 17.8. The van der Waals surface area contributed by atoms with Crippen molar-refractivity contribution in [3.8, 4) is 0 Å². The van der Waals surface area contributed by atoms with Crippen LogP contribution in [0.2, 0.25) is 0 Å². The van der Waals surface area contributed by atoms with E-state index in [0.717, 1.165) is 41.7 Å². The number of hydrogen-bond donors (Lipinski definition) is 1. The smallest absolute Gasteiger partial charge is 0.220 e. The number of amides is 1. The van der Waals surface area contributed by atoms with E-state index in [-0.39, 0.29) is 11.4 Å². The second-order valence-corrected chi connectivity index (χ2v) is 9.07. The third kappa shape index (κ3) is 4.17. The molecule has 1 N–H and O–H groups in total. The molecule has 1 saturated carbocycles. The lowest BCUT2D eigenvalue weighted by Crippen LogP contribution is -2.36. The van der Waals surface area contributed by atoms with Crippen LogP contribution >= 0.6 is 0 Å². The largest absolute Gasteiger partial charge is 0.353 e. The molecule has 0 aromatic carbocycles. The van der Waals surface area contributed by atoms with Crippen molar-refractivity contribution in [2.24, 2.45) is 0 Å². The Labute approximate surface area is 162 Å². The fourth-order valence-electron chi connectivity index (χ4n) is 4.33. The number of fused-ring (bicyclic) bond motifs is 1. The van der Waals surface area contributed by atoms with E-state index in [1.165, 1.54) is 30.4 Å². The number of hydrogen-bond acceptors (Lipinski definition) is 3. The first-order valence-electron chi connectivity index (χ1n) is 10.3. The Balaban J connectivity index is 1.80. The van der Waals surface area contributed by atoms with Crippen molar-refractivity contribution in [2.45, 2.75) is 98.1 Å². The van der Waals surface area contributed by atoms with Gasteiger partial charge in [-0.25, -0.2) is 9.67 Å². The van der Waals surface area contributed by atoms with E-state index >= 15 is 0 Å². The maximum absolute atomic E-state index is 12.4. The van der Waals surface area contributed by atoms with Gasteiger partial charge in [-0.2, -0.15) is 5.10 Å². The van der Waals surface area contributed by atoms with Gasteiger partial charge in [0.2, 0.25) is 5.91 Å². The molecule has 1 aliphatic rings. The van der Waals surface area contributed by atoms with Gasteiger partial charge >= 0.3 is 0 Å². The lowest BCUT2D eigenvalue weighted by atomic mass is 9.95. The molecule has 0 saturated heterocycles. The van der Waals surface area contributed by atoms with Gasteiger partial charge in [0.1, 0.15) is 0 Å². The number of aromatic nitrogens is 3. The minimum atomic E-state index is -0.111. The summed E-state index contributed by atoms with van der Waals surface area (Å²) < 4.78 is 2.03. The third-order valence-electron chi connectivity index (χ3n) is 5.78. The molecule has 0 aliphatic heterocycles. The molecule has 0 bridgehead atoms. The molecule has 0 atom stereocenters. The average Bonchev–Trinajstić information content (AvgIpc) is 2.92. The van der Waals surface area contributed by atoms with Crippen LogP contribution in [0.4, 0.5) is 0 Å². The van der Waals surface area contributed by atoms with Crippen molar-refractivity contribution in [3.05, 3.63) is 22.5 Å². The summed E-state index contributed by atoms with van der Waals surface area (Å²) in [4.78, 5) is 17.3. The van der Waals surface area contributed by atoms with Crippen molar-refractivity contribution in [1.82, 2.24) is 20.1 Å². The minimum absolute atomic E-state index is 0.111. The molecule has 0 spiro atoms. The van der Waals surface area contributed by atoms with Crippen molar-refractivity contribution in [2.75, 3.05) is 0 Å². The molecule has 5 heteroatoms. The van der Waals surface area contributed by atoms with Crippen LogP contribution in [0.1, 0.15) is 81.8 Å². The topological polar surface area (TPSA) is 59.8 Å². The van der Waals surface area contributed by atoms with E-state index in [9.17, 15) is 4.79 Å². The molecule has 1 fully saturated rings. The summed E-state index contributed by atoms with van der Waals surface area (Å²) in [6, 6.07) is 0.376. The van der Waals surface area contributed by atoms with Gasteiger partial charge in [0.25, 0.3) is 0 Å². The summed E-state index contributed by atoms with van der Waals surface area (Å²) in [5.74, 6) is 0.169. The zero-order chi connectivity index (χ0) is 19.8. The van der Waals surface area contributed by atoms with Crippen LogP contribution in [0.25, 0.3) is 11.0 Å². The van der Waals surface area contributed by atoms with Crippen LogP contribution in [0.15, 0.2) is 0 Å². The Morgan fingerprint density at radius 3 is 2.41 bits per heavy atom. The molecule has 0 unspecified atom stereocenters. The maximum atomic E-state index is 12.4. The highest BCUT2D eigenvalue weighted by atomic mass is 16.1. The molecule has 27 heavy (non-hydrogen) atoms. The SMILES string of the molecule is Cc1nc2c(c(C)nn2C(C)(C)C)c(C)c1CCC(=O)NC1CCCCC1. The van der Waals surface area contributed by atoms with Gasteiger partial charge in [0, 0.05) is 23.5 Å². The number of nitrogens with zero attached hydrogens (tertiary/aromatic N) is 3. The average molecular weight is 371 g/mol. The number of aryl methyl sites for hydroxylation is 3. The molecule has 1 amide bonds. The van der Waals surface area contributed by atoms with Crippen molar-refractivity contribution in [3.63, 3.8) is 0 Å². The lowest BCUT2D eigenvalue weighted by molar-refractivity contribution is -0.121. The third-order valence-corrected chi connectivity index (χ3v) is 5.78. The Bertz CT molecular complexity index is 838. The van der Waals surface area contributed by atoms with E-state index in [2.05, 4.69) is 39.9 Å². The van der Waals surface area contributed by atoms with E-state index in [0.29, 0.717) is 12.5 Å². The Morgan fingerprint density at radius 2 is 1.78 bits per heavy atom. The number of rotatable bonds is 4. The van der Waals surface area contributed by atoms with Crippen LogP contribution in [0, 0.1) is 20.8 Å². The maximum Gasteiger partial charge on any atom is 0.220 e. The second kappa shape index (κ2) is 7.61. The summed E-state index contributed by atoms with van der Waals surface area (Å²) in [5, 5.41) is 9.11. The van der Waals surface area contributed by atoms with E-state index in [1.807, 2.05) is 11.6 Å². The van der Waals surface area contributed by atoms with Gasteiger partial charge in [0.05, 0.1) is 11.2 Å². The molecular formula is C22H34N4O. The monoisotopic (exact) mass is 370 g/mol. The summed E-state index contributed by atoms with van der Waals surface area (Å²) in [5.41, 5.74) is 5.27. The Morgan fingerprint density at radius 1 is 1.11 bits per heavy atom. The van der Waals surface area contributed by atoms with E-state index in [1.54, 1.807) is 0 Å². The first kappa shape index (κ1) is 19.8. The molecule has 2 aromatic heterocycles. The van der Waals surface area contributed by atoms with Crippen LogP contribution in [0.3, 0.4) is 0 Å². The number of nitrogens with one attached hydrogen (secondary N) is 1. The minimum Gasteiger partial charge on any atom is -0.353 e. The van der Waals surface area contributed by atoms with Crippen LogP contribution in [-0.2, 0) is 16.8 Å². The molecule has 2 heterocycles. The van der Waals surface area contributed by atoms with Gasteiger partial charge in [-0.05, 0) is 71.9 Å². The number of carbonyl (C=O) groups excluding carboxylic acids is 1. The van der Waals surface area contributed by atoms with Crippen LogP contribution in [-0.4, -0.2) is 26.7 Å². The normalized spacial score (nSPS) is 16.1. The zero-order valence-electron chi connectivity index (χ0n) is 17.8. The van der Waals surface area contributed by atoms with Gasteiger partial charge in [0.15, 0.2) is 5.65 Å². The Hall–Kier alpha value is -1.91. The van der Waals surface area contributed by atoms with Gasteiger partial charge in [-0.1, -0.05) is 19.3 Å². The molecule has 5 nitrogen and oxygen atoms in total. The number of carbonyl (C=O) groups is 1. The van der Waals surface area contributed by atoms with Crippen molar-refractivity contribution < 1.29 is 4.79 Å². The predicted molar refractivity (Wildman–Crippen MR) is 110 cm³/mol. The lowest BCUT2D eigenvalue weighted by Gasteiger charge is -2.23. The highest BCUT2D eigenvalue weighted by molar-refractivity contribution is 5.84.